The van der Waals surface area contributed by atoms with Gasteiger partial charge in [0, 0.05) is 36.9 Å². The molecule has 1 aromatic carbocycles. The number of aromatic nitrogens is 2. The molecule has 1 heterocycles. The van der Waals surface area contributed by atoms with Gasteiger partial charge in [0.05, 0.1) is 6.20 Å². The van der Waals surface area contributed by atoms with E-state index in [1.807, 2.05) is 24.3 Å². The zero-order chi connectivity index (χ0) is 15.1. The van der Waals surface area contributed by atoms with Gasteiger partial charge < -0.3 is 10.2 Å². The quantitative estimate of drug-likeness (QED) is 0.886. The largest absolute Gasteiger partial charge is 0.372 e. The Morgan fingerprint density at radius 1 is 1.10 bits per heavy atom. The molecule has 0 aliphatic rings. The summed E-state index contributed by atoms with van der Waals surface area (Å²) in [6, 6.07) is 7.40. The van der Waals surface area contributed by atoms with E-state index in [9.17, 15) is 4.79 Å². The molecular weight excluding hydrogens is 266 g/mol. The fraction of sp³-hybridized carbons (Fsp3) is 0.267. The van der Waals surface area contributed by atoms with Crippen molar-refractivity contribution in [1.82, 2.24) is 9.97 Å². The van der Waals surface area contributed by atoms with E-state index in [1.54, 1.807) is 6.20 Å². The molecule has 2 N–H and O–H groups in total. The number of urea groups is 1. The summed E-state index contributed by atoms with van der Waals surface area (Å²) < 4.78 is 0. The molecular formula is C15H19N5O. The zero-order valence-electron chi connectivity index (χ0n) is 12.2. The standard InChI is InChI=1S/C15H19N5O/c1-3-20(4-2)13-7-5-12(6-8-13)18-15(21)19-14-11-16-9-10-17-14/h5-11H,3-4H2,1-2H3,(H2,17,18,19,21). The first kappa shape index (κ1) is 14.8. The maximum atomic E-state index is 11.8. The minimum Gasteiger partial charge on any atom is -0.372 e. The van der Waals surface area contributed by atoms with Crippen LogP contribution in [0.4, 0.5) is 22.0 Å². The van der Waals surface area contributed by atoms with Crippen molar-refractivity contribution >= 4 is 23.2 Å². The van der Waals surface area contributed by atoms with Crippen molar-refractivity contribution < 1.29 is 4.79 Å². The van der Waals surface area contributed by atoms with E-state index >= 15 is 0 Å². The van der Waals surface area contributed by atoms with E-state index in [0.717, 1.165) is 24.5 Å². The molecule has 0 bridgehead atoms. The van der Waals surface area contributed by atoms with Crippen LogP contribution in [0.2, 0.25) is 0 Å². The van der Waals surface area contributed by atoms with Gasteiger partial charge in [-0.1, -0.05) is 0 Å². The Balaban J connectivity index is 1.95. The molecule has 0 aliphatic carbocycles. The number of nitrogens with one attached hydrogen (secondary N) is 2. The van der Waals surface area contributed by atoms with Gasteiger partial charge in [0.15, 0.2) is 5.82 Å². The highest BCUT2D eigenvalue weighted by Gasteiger charge is 2.05. The van der Waals surface area contributed by atoms with Crippen LogP contribution in [0.1, 0.15) is 13.8 Å². The molecule has 0 saturated carbocycles. The van der Waals surface area contributed by atoms with Gasteiger partial charge >= 0.3 is 6.03 Å². The summed E-state index contributed by atoms with van der Waals surface area (Å²) in [7, 11) is 0. The first-order chi connectivity index (χ1) is 10.2. The molecule has 0 radical (unpaired) electrons. The second-order valence-electron chi connectivity index (χ2n) is 4.39. The molecule has 6 heteroatoms. The number of carbonyl (C=O) groups excluding carboxylic acids is 1. The Morgan fingerprint density at radius 3 is 2.38 bits per heavy atom. The second kappa shape index (κ2) is 7.23. The Bertz CT molecular complexity index is 566. The minimum atomic E-state index is -0.342. The van der Waals surface area contributed by atoms with Gasteiger partial charge in [-0.2, -0.15) is 0 Å². The number of nitrogens with zero attached hydrogens (tertiary/aromatic N) is 3. The number of benzene rings is 1. The van der Waals surface area contributed by atoms with Crippen molar-refractivity contribution in [2.24, 2.45) is 0 Å². The zero-order valence-corrected chi connectivity index (χ0v) is 12.2. The summed E-state index contributed by atoms with van der Waals surface area (Å²) in [5, 5.41) is 5.37. The number of hydrogen-bond donors (Lipinski definition) is 2. The smallest absolute Gasteiger partial charge is 0.324 e. The fourth-order valence-electron chi connectivity index (χ4n) is 1.99. The Kier molecular flexibility index (Phi) is 5.09. The van der Waals surface area contributed by atoms with Gasteiger partial charge in [-0.25, -0.2) is 9.78 Å². The lowest BCUT2D eigenvalue weighted by Gasteiger charge is -2.21. The number of carbonyl (C=O) groups is 1. The minimum absolute atomic E-state index is 0.342. The highest BCUT2D eigenvalue weighted by atomic mass is 16.2. The molecule has 0 saturated heterocycles. The lowest BCUT2D eigenvalue weighted by atomic mass is 10.2. The van der Waals surface area contributed by atoms with Gasteiger partial charge in [-0.15, -0.1) is 0 Å². The third-order valence-corrected chi connectivity index (χ3v) is 3.06. The summed E-state index contributed by atoms with van der Waals surface area (Å²) >= 11 is 0. The lowest BCUT2D eigenvalue weighted by molar-refractivity contribution is 0.262. The van der Waals surface area contributed by atoms with Crippen LogP contribution in [-0.2, 0) is 0 Å². The van der Waals surface area contributed by atoms with Crippen molar-refractivity contribution in [2.75, 3.05) is 28.6 Å². The average molecular weight is 285 g/mol. The van der Waals surface area contributed by atoms with E-state index in [-0.39, 0.29) is 6.03 Å². The fourth-order valence-corrected chi connectivity index (χ4v) is 1.99. The maximum Gasteiger partial charge on any atom is 0.324 e. The molecule has 0 spiro atoms. The highest BCUT2D eigenvalue weighted by molar-refractivity contribution is 5.99. The molecule has 0 aliphatic heterocycles. The highest BCUT2D eigenvalue weighted by Crippen LogP contribution is 2.17. The van der Waals surface area contributed by atoms with Crippen LogP contribution in [-0.4, -0.2) is 29.1 Å². The third-order valence-electron chi connectivity index (χ3n) is 3.06. The van der Waals surface area contributed by atoms with E-state index in [1.165, 1.54) is 12.4 Å². The maximum absolute atomic E-state index is 11.8. The monoisotopic (exact) mass is 285 g/mol. The van der Waals surface area contributed by atoms with Crippen molar-refractivity contribution in [2.45, 2.75) is 13.8 Å². The number of hydrogen-bond acceptors (Lipinski definition) is 4. The number of amides is 2. The lowest BCUT2D eigenvalue weighted by Crippen LogP contribution is -2.22. The Labute approximate surface area is 124 Å². The summed E-state index contributed by atoms with van der Waals surface area (Å²) in [5.41, 5.74) is 1.87. The van der Waals surface area contributed by atoms with Gasteiger partial charge in [0.2, 0.25) is 0 Å². The van der Waals surface area contributed by atoms with Crippen LogP contribution in [0.5, 0.6) is 0 Å². The molecule has 2 amide bonds. The third kappa shape index (κ3) is 4.17. The van der Waals surface area contributed by atoms with Gasteiger partial charge in [-0.05, 0) is 38.1 Å². The van der Waals surface area contributed by atoms with Crippen LogP contribution in [0.25, 0.3) is 0 Å². The summed E-state index contributed by atoms with van der Waals surface area (Å²) in [6.07, 6.45) is 4.56. The average Bonchev–Trinajstić information content (AvgIpc) is 2.51. The normalized spacial score (nSPS) is 10.0. The predicted octanol–water partition coefficient (Wildman–Crippen LogP) is 2.97. The molecule has 2 rings (SSSR count). The van der Waals surface area contributed by atoms with Gasteiger partial charge in [0.1, 0.15) is 0 Å². The van der Waals surface area contributed by atoms with E-state index in [2.05, 4.69) is 39.3 Å². The van der Waals surface area contributed by atoms with Crippen molar-refractivity contribution in [3.8, 4) is 0 Å². The molecule has 0 fully saturated rings. The van der Waals surface area contributed by atoms with Crippen molar-refractivity contribution in [3.63, 3.8) is 0 Å². The van der Waals surface area contributed by atoms with Gasteiger partial charge in [-0.3, -0.25) is 10.3 Å². The van der Waals surface area contributed by atoms with Crippen molar-refractivity contribution in [3.05, 3.63) is 42.9 Å². The summed E-state index contributed by atoms with van der Waals surface area (Å²) in [5.74, 6) is 0.412. The molecule has 6 nitrogen and oxygen atoms in total. The topological polar surface area (TPSA) is 70.2 Å². The molecule has 21 heavy (non-hydrogen) atoms. The van der Waals surface area contributed by atoms with Crippen LogP contribution in [0, 0.1) is 0 Å². The molecule has 0 unspecified atom stereocenters. The molecule has 110 valence electrons. The van der Waals surface area contributed by atoms with Crippen LogP contribution in [0.3, 0.4) is 0 Å². The van der Waals surface area contributed by atoms with E-state index < -0.39 is 0 Å². The first-order valence-corrected chi connectivity index (χ1v) is 6.92. The Hall–Kier alpha value is -2.63. The molecule has 2 aromatic rings. The van der Waals surface area contributed by atoms with Crippen LogP contribution in [0.15, 0.2) is 42.9 Å². The van der Waals surface area contributed by atoms with Gasteiger partial charge in [0.25, 0.3) is 0 Å². The van der Waals surface area contributed by atoms with Crippen LogP contribution < -0.4 is 15.5 Å². The Morgan fingerprint density at radius 2 is 1.81 bits per heavy atom. The second-order valence-corrected chi connectivity index (χ2v) is 4.39. The summed E-state index contributed by atoms with van der Waals surface area (Å²) in [6.45, 7) is 6.14. The molecule has 0 atom stereocenters. The van der Waals surface area contributed by atoms with E-state index in [0.29, 0.717) is 5.82 Å². The van der Waals surface area contributed by atoms with Crippen LogP contribution >= 0.6 is 0 Å². The number of anilines is 3. The SMILES string of the molecule is CCN(CC)c1ccc(NC(=O)Nc2cnccn2)cc1. The number of rotatable bonds is 5. The molecule has 1 aromatic heterocycles. The predicted molar refractivity (Wildman–Crippen MR) is 84.7 cm³/mol. The van der Waals surface area contributed by atoms with Crippen molar-refractivity contribution in [1.29, 1.82) is 0 Å². The first-order valence-electron chi connectivity index (χ1n) is 6.92. The van der Waals surface area contributed by atoms with E-state index in [4.69, 9.17) is 0 Å². The summed E-state index contributed by atoms with van der Waals surface area (Å²) in [4.78, 5) is 21.9.